The van der Waals surface area contributed by atoms with Crippen molar-refractivity contribution in [3.63, 3.8) is 0 Å². The van der Waals surface area contributed by atoms with E-state index in [9.17, 15) is 13.2 Å². The summed E-state index contributed by atoms with van der Waals surface area (Å²) in [5.41, 5.74) is 0.554. The molecule has 6 nitrogen and oxygen atoms in total. The van der Waals surface area contributed by atoms with Crippen LogP contribution in [0, 0.1) is 0 Å². The summed E-state index contributed by atoms with van der Waals surface area (Å²) in [6, 6.07) is 2.97. The third-order valence-electron chi connectivity index (χ3n) is 2.18. The summed E-state index contributed by atoms with van der Waals surface area (Å²) < 4.78 is 42.4. The average Bonchev–Trinajstić information content (AvgIpc) is 2.88. The van der Waals surface area contributed by atoms with Crippen molar-refractivity contribution >= 4 is 11.6 Å². The Hall–Kier alpha value is -2.32. The number of nitrogens with one attached hydrogen (secondary N) is 2. The number of hydrogen-bond donors (Lipinski definition) is 2. The van der Waals surface area contributed by atoms with Crippen molar-refractivity contribution in [3.8, 4) is 0 Å². The molecule has 2 heterocycles. The van der Waals surface area contributed by atoms with E-state index in [-0.39, 0.29) is 18.2 Å². The van der Waals surface area contributed by atoms with Crippen LogP contribution in [0.2, 0.25) is 0 Å². The highest BCUT2D eigenvalue weighted by molar-refractivity contribution is 5.47. The minimum absolute atomic E-state index is 0.0506. The van der Waals surface area contributed by atoms with Crippen LogP contribution in [0.15, 0.2) is 22.9 Å². The second-order valence-electron chi connectivity index (χ2n) is 3.55. The number of halogens is 3. The van der Waals surface area contributed by atoms with Crippen LogP contribution in [0.1, 0.15) is 11.5 Å². The van der Waals surface area contributed by atoms with Gasteiger partial charge in [-0.05, 0) is 0 Å². The van der Waals surface area contributed by atoms with Crippen molar-refractivity contribution in [2.24, 2.45) is 0 Å². The van der Waals surface area contributed by atoms with Gasteiger partial charge in [0.05, 0.1) is 6.54 Å². The number of anilines is 2. The molecule has 0 aromatic carbocycles. The summed E-state index contributed by atoms with van der Waals surface area (Å²) in [6.07, 6.45) is -3.23. The Bertz CT molecular complexity index is 541. The Balaban J connectivity index is 2.19. The second-order valence-corrected chi connectivity index (χ2v) is 3.55. The van der Waals surface area contributed by atoms with Crippen LogP contribution in [0.3, 0.4) is 0 Å². The van der Waals surface area contributed by atoms with Crippen LogP contribution in [-0.4, -0.2) is 22.2 Å². The molecule has 0 saturated heterocycles. The fourth-order valence-electron chi connectivity index (χ4n) is 1.30. The SMILES string of the molecule is CNc1cc(NCc2ccon2)nc(C(F)(F)F)n1. The van der Waals surface area contributed by atoms with Crippen LogP contribution in [0.5, 0.6) is 0 Å². The monoisotopic (exact) mass is 273 g/mol. The normalized spacial score (nSPS) is 11.4. The summed E-state index contributed by atoms with van der Waals surface area (Å²) >= 11 is 0. The Morgan fingerprint density at radius 3 is 2.58 bits per heavy atom. The first-order valence-corrected chi connectivity index (χ1v) is 5.26. The molecule has 0 radical (unpaired) electrons. The molecule has 19 heavy (non-hydrogen) atoms. The standard InChI is InChI=1S/C10H10F3N5O/c1-14-7-4-8(15-5-6-2-3-19-18-6)17-9(16-7)10(11,12)13/h2-4H,5H2,1H3,(H2,14,15,16,17). The van der Waals surface area contributed by atoms with E-state index in [1.54, 1.807) is 6.07 Å². The molecular weight excluding hydrogens is 263 g/mol. The highest BCUT2D eigenvalue weighted by Crippen LogP contribution is 2.28. The predicted octanol–water partition coefficient (Wildman–Crippen LogP) is 2.14. The lowest BCUT2D eigenvalue weighted by Crippen LogP contribution is -2.14. The summed E-state index contributed by atoms with van der Waals surface area (Å²) in [5, 5.41) is 8.89. The number of nitrogens with zero attached hydrogens (tertiary/aromatic N) is 3. The predicted molar refractivity (Wildman–Crippen MR) is 60.4 cm³/mol. The maximum Gasteiger partial charge on any atom is 0.451 e. The minimum Gasteiger partial charge on any atom is -0.373 e. The van der Waals surface area contributed by atoms with Crippen LogP contribution in [0.25, 0.3) is 0 Å². The quantitative estimate of drug-likeness (QED) is 0.888. The van der Waals surface area contributed by atoms with Crippen LogP contribution in [0.4, 0.5) is 24.8 Å². The van der Waals surface area contributed by atoms with Crippen molar-refractivity contribution in [1.82, 2.24) is 15.1 Å². The summed E-state index contributed by atoms with van der Waals surface area (Å²) in [7, 11) is 1.48. The molecule has 9 heteroatoms. The van der Waals surface area contributed by atoms with Gasteiger partial charge in [-0.1, -0.05) is 5.16 Å². The fourth-order valence-corrected chi connectivity index (χ4v) is 1.30. The lowest BCUT2D eigenvalue weighted by Gasteiger charge is -2.10. The molecule has 0 atom stereocenters. The van der Waals surface area contributed by atoms with E-state index >= 15 is 0 Å². The first-order valence-electron chi connectivity index (χ1n) is 5.26. The fraction of sp³-hybridized carbons (Fsp3) is 0.300. The molecule has 0 fully saturated rings. The first kappa shape index (κ1) is 13.1. The molecule has 0 bridgehead atoms. The van der Waals surface area contributed by atoms with Crippen molar-refractivity contribution in [2.75, 3.05) is 17.7 Å². The summed E-state index contributed by atoms with van der Waals surface area (Å²) in [6.45, 7) is 0.202. The van der Waals surface area contributed by atoms with E-state index in [0.29, 0.717) is 5.69 Å². The van der Waals surface area contributed by atoms with Gasteiger partial charge in [0.2, 0.25) is 5.82 Å². The molecule has 0 saturated carbocycles. The maximum atomic E-state index is 12.6. The molecule has 0 aliphatic heterocycles. The van der Waals surface area contributed by atoms with Gasteiger partial charge in [0.25, 0.3) is 0 Å². The lowest BCUT2D eigenvalue weighted by molar-refractivity contribution is -0.144. The average molecular weight is 273 g/mol. The van der Waals surface area contributed by atoms with Gasteiger partial charge in [-0.2, -0.15) is 13.2 Å². The molecule has 2 rings (SSSR count). The zero-order valence-electron chi connectivity index (χ0n) is 9.82. The third kappa shape index (κ3) is 3.33. The van der Waals surface area contributed by atoms with Crippen LogP contribution in [-0.2, 0) is 12.7 Å². The maximum absolute atomic E-state index is 12.6. The number of rotatable bonds is 4. The highest BCUT2D eigenvalue weighted by Gasteiger charge is 2.35. The molecule has 0 aliphatic rings. The van der Waals surface area contributed by atoms with E-state index in [1.165, 1.54) is 19.4 Å². The second kappa shape index (κ2) is 5.12. The molecular formula is C10H10F3N5O. The smallest absolute Gasteiger partial charge is 0.373 e. The van der Waals surface area contributed by atoms with E-state index in [2.05, 4.69) is 30.3 Å². The van der Waals surface area contributed by atoms with E-state index < -0.39 is 12.0 Å². The van der Waals surface area contributed by atoms with E-state index in [1.807, 2.05) is 0 Å². The van der Waals surface area contributed by atoms with Gasteiger partial charge in [-0.3, -0.25) is 0 Å². The van der Waals surface area contributed by atoms with Gasteiger partial charge < -0.3 is 15.2 Å². The van der Waals surface area contributed by atoms with E-state index in [0.717, 1.165) is 0 Å². The first-order chi connectivity index (χ1) is 8.99. The molecule has 2 aromatic heterocycles. The van der Waals surface area contributed by atoms with Gasteiger partial charge in [-0.25, -0.2) is 9.97 Å². The molecule has 2 aromatic rings. The van der Waals surface area contributed by atoms with Gasteiger partial charge in [-0.15, -0.1) is 0 Å². The molecule has 2 N–H and O–H groups in total. The Morgan fingerprint density at radius 1 is 1.26 bits per heavy atom. The van der Waals surface area contributed by atoms with Crippen LogP contribution >= 0.6 is 0 Å². The number of hydrogen-bond acceptors (Lipinski definition) is 6. The largest absolute Gasteiger partial charge is 0.451 e. The minimum atomic E-state index is -4.60. The summed E-state index contributed by atoms with van der Waals surface area (Å²) in [5.74, 6) is -1.08. The van der Waals surface area contributed by atoms with Crippen molar-refractivity contribution < 1.29 is 17.7 Å². The van der Waals surface area contributed by atoms with Crippen molar-refractivity contribution in [2.45, 2.75) is 12.7 Å². The van der Waals surface area contributed by atoms with Gasteiger partial charge in [0.15, 0.2) is 0 Å². The zero-order valence-corrected chi connectivity index (χ0v) is 9.82. The number of aromatic nitrogens is 3. The van der Waals surface area contributed by atoms with Crippen LogP contribution < -0.4 is 10.6 Å². The van der Waals surface area contributed by atoms with Gasteiger partial charge >= 0.3 is 6.18 Å². The third-order valence-corrected chi connectivity index (χ3v) is 2.18. The molecule has 0 spiro atoms. The highest BCUT2D eigenvalue weighted by atomic mass is 19.4. The van der Waals surface area contributed by atoms with Crippen molar-refractivity contribution in [1.29, 1.82) is 0 Å². The summed E-state index contributed by atoms with van der Waals surface area (Å²) in [4.78, 5) is 6.75. The zero-order chi connectivity index (χ0) is 13.9. The lowest BCUT2D eigenvalue weighted by atomic mass is 10.4. The van der Waals surface area contributed by atoms with Crippen molar-refractivity contribution in [3.05, 3.63) is 29.9 Å². The Labute approximate surface area is 106 Å². The topological polar surface area (TPSA) is 75.9 Å². The molecule has 102 valence electrons. The van der Waals surface area contributed by atoms with Gasteiger partial charge in [0, 0.05) is 19.2 Å². The molecule has 0 amide bonds. The Kier molecular flexibility index (Phi) is 3.54. The molecule has 0 unspecified atom stereocenters. The van der Waals surface area contributed by atoms with Gasteiger partial charge in [0.1, 0.15) is 23.6 Å². The van der Waals surface area contributed by atoms with E-state index in [4.69, 9.17) is 0 Å². The molecule has 0 aliphatic carbocycles. The number of alkyl halides is 3. The Morgan fingerprint density at radius 2 is 2.00 bits per heavy atom.